The van der Waals surface area contributed by atoms with Crippen molar-refractivity contribution in [1.29, 1.82) is 0 Å². The lowest BCUT2D eigenvalue weighted by atomic mass is 10.0. The maximum atomic E-state index is 11.0. The van der Waals surface area contributed by atoms with Crippen molar-refractivity contribution in [3.8, 4) is 11.3 Å². The van der Waals surface area contributed by atoms with Crippen molar-refractivity contribution < 1.29 is 4.92 Å². The van der Waals surface area contributed by atoms with E-state index < -0.39 is 4.92 Å². The molecule has 2 N–H and O–H groups in total. The zero-order valence-corrected chi connectivity index (χ0v) is 10.2. The molecule has 1 heterocycles. The molecule has 1 aromatic heterocycles. The average molecular weight is 243 g/mol. The molecule has 5 heteroatoms. The maximum Gasteiger partial charge on any atom is 0.295 e. The van der Waals surface area contributed by atoms with Crippen molar-refractivity contribution in [3.63, 3.8) is 0 Å². The van der Waals surface area contributed by atoms with Gasteiger partial charge in [-0.1, -0.05) is 17.2 Å². The Kier molecular flexibility index (Phi) is 2.97. The first-order valence-corrected chi connectivity index (χ1v) is 5.47. The van der Waals surface area contributed by atoms with E-state index in [2.05, 4.69) is 4.98 Å². The van der Waals surface area contributed by atoms with Crippen LogP contribution in [-0.2, 0) is 0 Å². The van der Waals surface area contributed by atoms with E-state index in [-0.39, 0.29) is 11.5 Å². The van der Waals surface area contributed by atoms with E-state index in [9.17, 15) is 10.1 Å². The molecule has 0 saturated heterocycles. The topological polar surface area (TPSA) is 82.0 Å². The van der Waals surface area contributed by atoms with Crippen LogP contribution in [0.25, 0.3) is 11.3 Å². The SMILES string of the molecule is Cc1cc(C)cc(-c2nc(N)ccc2[N+](=O)[O-])c1. The van der Waals surface area contributed by atoms with Crippen LogP contribution in [0.15, 0.2) is 30.3 Å². The molecule has 0 atom stereocenters. The van der Waals surface area contributed by atoms with Gasteiger partial charge in [-0.2, -0.15) is 0 Å². The predicted molar refractivity (Wildman–Crippen MR) is 70.2 cm³/mol. The molecule has 0 saturated carbocycles. The van der Waals surface area contributed by atoms with E-state index in [4.69, 9.17) is 5.73 Å². The fourth-order valence-corrected chi connectivity index (χ4v) is 1.94. The van der Waals surface area contributed by atoms with Crippen molar-refractivity contribution in [1.82, 2.24) is 4.98 Å². The van der Waals surface area contributed by atoms with Gasteiger partial charge in [0.15, 0.2) is 5.69 Å². The molecular weight excluding hydrogens is 230 g/mol. The van der Waals surface area contributed by atoms with Gasteiger partial charge in [0.2, 0.25) is 0 Å². The molecule has 2 rings (SSSR count). The van der Waals surface area contributed by atoms with Crippen molar-refractivity contribution in [2.24, 2.45) is 0 Å². The molecule has 0 aliphatic rings. The highest BCUT2D eigenvalue weighted by Crippen LogP contribution is 2.29. The second-order valence-electron chi connectivity index (χ2n) is 4.24. The number of benzene rings is 1. The molecule has 0 bridgehead atoms. The first-order chi connectivity index (χ1) is 8.47. The third kappa shape index (κ3) is 2.29. The number of hydrogen-bond acceptors (Lipinski definition) is 4. The number of nitrogens with zero attached hydrogens (tertiary/aromatic N) is 2. The average Bonchev–Trinajstić information content (AvgIpc) is 2.27. The Morgan fingerprint density at radius 1 is 1.17 bits per heavy atom. The normalized spacial score (nSPS) is 10.3. The van der Waals surface area contributed by atoms with Crippen LogP contribution in [0.3, 0.4) is 0 Å². The summed E-state index contributed by atoms with van der Waals surface area (Å²) in [6, 6.07) is 8.55. The van der Waals surface area contributed by atoms with Crippen LogP contribution in [0.4, 0.5) is 11.5 Å². The lowest BCUT2D eigenvalue weighted by Gasteiger charge is -2.06. The Morgan fingerprint density at radius 3 is 2.33 bits per heavy atom. The summed E-state index contributed by atoms with van der Waals surface area (Å²) in [6.45, 7) is 3.88. The van der Waals surface area contributed by atoms with Crippen molar-refractivity contribution >= 4 is 11.5 Å². The summed E-state index contributed by atoms with van der Waals surface area (Å²) in [5.74, 6) is 0.273. The number of rotatable bonds is 2. The number of hydrogen-bond donors (Lipinski definition) is 1. The summed E-state index contributed by atoms with van der Waals surface area (Å²) in [4.78, 5) is 14.6. The first-order valence-electron chi connectivity index (χ1n) is 5.47. The third-order valence-electron chi connectivity index (χ3n) is 2.59. The number of pyridine rings is 1. The van der Waals surface area contributed by atoms with Crippen LogP contribution in [0.5, 0.6) is 0 Å². The summed E-state index contributed by atoms with van der Waals surface area (Å²) in [5, 5.41) is 11.0. The molecule has 0 aliphatic carbocycles. The number of aryl methyl sites for hydroxylation is 2. The van der Waals surface area contributed by atoms with Crippen molar-refractivity contribution in [2.75, 3.05) is 5.73 Å². The highest BCUT2D eigenvalue weighted by molar-refractivity contribution is 5.72. The molecule has 0 fully saturated rings. The van der Waals surface area contributed by atoms with E-state index in [1.807, 2.05) is 32.0 Å². The molecule has 1 aromatic carbocycles. The largest absolute Gasteiger partial charge is 0.384 e. The van der Waals surface area contributed by atoms with E-state index >= 15 is 0 Å². The standard InChI is InChI=1S/C13H13N3O2/c1-8-5-9(2)7-10(6-8)13-11(16(17)18)3-4-12(14)15-13/h3-7H,1-2H3,(H2,14,15). The number of aromatic nitrogens is 1. The minimum absolute atomic E-state index is 0.0331. The molecule has 92 valence electrons. The van der Waals surface area contributed by atoms with Gasteiger partial charge in [-0.25, -0.2) is 4.98 Å². The number of nitrogen functional groups attached to an aromatic ring is 1. The zero-order chi connectivity index (χ0) is 13.3. The fraction of sp³-hybridized carbons (Fsp3) is 0.154. The molecule has 0 spiro atoms. The van der Waals surface area contributed by atoms with E-state index in [0.29, 0.717) is 11.3 Å². The second kappa shape index (κ2) is 4.44. The van der Waals surface area contributed by atoms with Crippen LogP contribution >= 0.6 is 0 Å². The van der Waals surface area contributed by atoms with Gasteiger partial charge in [-0.05, 0) is 32.0 Å². The third-order valence-corrected chi connectivity index (χ3v) is 2.59. The molecule has 2 aromatic rings. The molecule has 0 unspecified atom stereocenters. The predicted octanol–water partition coefficient (Wildman–Crippen LogP) is 2.86. The smallest absolute Gasteiger partial charge is 0.295 e. The Labute approximate surface area is 104 Å². The summed E-state index contributed by atoms with van der Waals surface area (Å²) in [6.07, 6.45) is 0. The minimum atomic E-state index is -0.445. The Balaban J connectivity index is 2.68. The summed E-state index contributed by atoms with van der Waals surface area (Å²) >= 11 is 0. The van der Waals surface area contributed by atoms with Gasteiger partial charge in [0.1, 0.15) is 5.82 Å². The monoisotopic (exact) mass is 243 g/mol. The Morgan fingerprint density at radius 2 is 1.78 bits per heavy atom. The molecular formula is C13H13N3O2. The molecule has 0 aliphatic heterocycles. The van der Waals surface area contributed by atoms with Crippen molar-refractivity contribution in [2.45, 2.75) is 13.8 Å². The quantitative estimate of drug-likeness (QED) is 0.649. The first kappa shape index (κ1) is 12.0. The van der Waals surface area contributed by atoms with Crippen LogP contribution < -0.4 is 5.73 Å². The molecule has 0 amide bonds. The molecule has 18 heavy (non-hydrogen) atoms. The molecule has 5 nitrogen and oxygen atoms in total. The van der Waals surface area contributed by atoms with E-state index in [1.165, 1.54) is 12.1 Å². The highest BCUT2D eigenvalue weighted by atomic mass is 16.6. The lowest BCUT2D eigenvalue weighted by Crippen LogP contribution is -1.98. The van der Waals surface area contributed by atoms with Gasteiger partial charge in [-0.15, -0.1) is 0 Å². The fourth-order valence-electron chi connectivity index (χ4n) is 1.94. The van der Waals surface area contributed by atoms with Crippen LogP contribution in [0.2, 0.25) is 0 Å². The van der Waals surface area contributed by atoms with Gasteiger partial charge >= 0.3 is 0 Å². The lowest BCUT2D eigenvalue weighted by molar-refractivity contribution is -0.384. The Hall–Kier alpha value is -2.43. The summed E-state index contributed by atoms with van der Waals surface area (Å²) < 4.78 is 0. The number of nitrogens with two attached hydrogens (primary N) is 1. The molecule has 0 radical (unpaired) electrons. The van der Waals surface area contributed by atoms with Crippen LogP contribution in [0, 0.1) is 24.0 Å². The van der Waals surface area contributed by atoms with Gasteiger partial charge in [0, 0.05) is 11.6 Å². The van der Waals surface area contributed by atoms with Crippen molar-refractivity contribution in [3.05, 3.63) is 51.6 Å². The van der Waals surface area contributed by atoms with E-state index in [0.717, 1.165) is 11.1 Å². The second-order valence-corrected chi connectivity index (χ2v) is 4.24. The highest BCUT2D eigenvalue weighted by Gasteiger charge is 2.17. The zero-order valence-electron chi connectivity index (χ0n) is 10.2. The van der Waals surface area contributed by atoms with Crippen LogP contribution in [0.1, 0.15) is 11.1 Å². The van der Waals surface area contributed by atoms with Gasteiger partial charge < -0.3 is 5.73 Å². The van der Waals surface area contributed by atoms with Crippen LogP contribution in [-0.4, -0.2) is 9.91 Å². The summed E-state index contributed by atoms with van der Waals surface area (Å²) in [7, 11) is 0. The van der Waals surface area contributed by atoms with E-state index in [1.54, 1.807) is 0 Å². The number of anilines is 1. The minimum Gasteiger partial charge on any atom is -0.384 e. The van der Waals surface area contributed by atoms with Gasteiger partial charge in [0.25, 0.3) is 5.69 Å². The number of nitro groups is 1. The van der Waals surface area contributed by atoms with Gasteiger partial charge in [0.05, 0.1) is 4.92 Å². The summed E-state index contributed by atoms with van der Waals surface area (Å²) in [5.41, 5.74) is 8.66. The Bertz CT molecular complexity index is 603. The maximum absolute atomic E-state index is 11.0. The van der Waals surface area contributed by atoms with Gasteiger partial charge in [-0.3, -0.25) is 10.1 Å².